The highest BCUT2D eigenvalue weighted by Gasteiger charge is 2.25. The first-order valence-corrected chi connectivity index (χ1v) is 10.5. The second-order valence-electron chi connectivity index (χ2n) is 6.66. The molecule has 3 rings (SSSR count). The molecule has 8 nitrogen and oxygen atoms in total. The van der Waals surface area contributed by atoms with Gasteiger partial charge in [0.15, 0.2) is 0 Å². The summed E-state index contributed by atoms with van der Waals surface area (Å²) in [5.41, 5.74) is 1.95. The Kier molecular flexibility index (Phi) is 6.38. The van der Waals surface area contributed by atoms with Crippen LogP contribution in [0.15, 0.2) is 36.5 Å². The quantitative estimate of drug-likeness (QED) is 0.448. The van der Waals surface area contributed by atoms with E-state index in [2.05, 4.69) is 20.6 Å². The predicted octanol–water partition coefficient (Wildman–Crippen LogP) is 2.16. The minimum absolute atomic E-state index is 0.190. The standard InChI is InChI=1S/C20H22N4O4S/c1-11(20(27)28)22-18(25)15(7-8-29-2)24-19(26)16-9-13-12-5-3-4-6-14(12)23-17(13)10-21-16/h3-6,9-11,15,23H,7-8H2,1-2H3,(H,22,25)(H,24,26)(H,27,28). The number of carbonyl (C=O) groups excluding carboxylic acids is 2. The summed E-state index contributed by atoms with van der Waals surface area (Å²) in [7, 11) is 0. The Morgan fingerprint density at radius 1 is 1.17 bits per heavy atom. The van der Waals surface area contributed by atoms with Gasteiger partial charge in [-0.3, -0.25) is 14.4 Å². The van der Waals surface area contributed by atoms with Crippen molar-refractivity contribution in [1.29, 1.82) is 0 Å². The van der Waals surface area contributed by atoms with E-state index in [1.165, 1.54) is 18.7 Å². The molecule has 0 aliphatic heterocycles. The number of nitrogens with one attached hydrogen (secondary N) is 3. The number of aliphatic carboxylic acids is 1. The molecule has 2 heterocycles. The zero-order chi connectivity index (χ0) is 21.0. The molecule has 2 atom stereocenters. The molecule has 0 saturated heterocycles. The van der Waals surface area contributed by atoms with E-state index in [0.29, 0.717) is 12.2 Å². The summed E-state index contributed by atoms with van der Waals surface area (Å²) in [6.07, 6.45) is 3.86. The molecule has 0 fully saturated rings. The van der Waals surface area contributed by atoms with Crippen molar-refractivity contribution in [3.05, 3.63) is 42.2 Å². The van der Waals surface area contributed by atoms with Crippen LogP contribution < -0.4 is 10.6 Å². The van der Waals surface area contributed by atoms with E-state index in [-0.39, 0.29) is 5.69 Å². The number of fused-ring (bicyclic) bond motifs is 3. The number of aromatic amines is 1. The Morgan fingerprint density at radius 2 is 1.93 bits per heavy atom. The number of thioether (sulfide) groups is 1. The van der Waals surface area contributed by atoms with E-state index >= 15 is 0 Å². The number of aromatic nitrogens is 2. The van der Waals surface area contributed by atoms with Crippen LogP contribution in [0, 0.1) is 0 Å². The molecule has 0 aliphatic carbocycles. The van der Waals surface area contributed by atoms with Gasteiger partial charge in [0.1, 0.15) is 17.8 Å². The van der Waals surface area contributed by atoms with E-state index in [0.717, 1.165) is 21.8 Å². The monoisotopic (exact) mass is 414 g/mol. The topological polar surface area (TPSA) is 124 Å². The zero-order valence-electron chi connectivity index (χ0n) is 16.1. The zero-order valence-corrected chi connectivity index (χ0v) is 16.9. The van der Waals surface area contributed by atoms with Crippen molar-refractivity contribution in [1.82, 2.24) is 20.6 Å². The van der Waals surface area contributed by atoms with Crippen molar-refractivity contribution < 1.29 is 19.5 Å². The fourth-order valence-corrected chi connectivity index (χ4v) is 3.46. The smallest absolute Gasteiger partial charge is 0.325 e. The molecule has 2 aromatic heterocycles. The molecule has 9 heteroatoms. The van der Waals surface area contributed by atoms with Gasteiger partial charge in [-0.2, -0.15) is 11.8 Å². The molecule has 2 unspecified atom stereocenters. The summed E-state index contributed by atoms with van der Waals surface area (Å²) < 4.78 is 0. The van der Waals surface area contributed by atoms with Gasteiger partial charge in [0.2, 0.25) is 5.91 Å². The third-order valence-electron chi connectivity index (χ3n) is 4.58. The molecule has 152 valence electrons. The number of pyridine rings is 1. The third-order valence-corrected chi connectivity index (χ3v) is 5.23. The number of nitrogens with zero attached hydrogens (tertiary/aromatic N) is 1. The minimum atomic E-state index is -1.14. The van der Waals surface area contributed by atoms with Crippen LogP contribution in [0.5, 0.6) is 0 Å². The number of carboxylic acids is 1. The van der Waals surface area contributed by atoms with E-state index < -0.39 is 29.9 Å². The number of rotatable bonds is 8. The summed E-state index contributed by atoms with van der Waals surface area (Å²) in [5.74, 6) is -1.52. The molecular weight excluding hydrogens is 392 g/mol. The van der Waals surface area contributed by atoms with Crippen molar-refractivity contribution in [2.45, 2.75) is 25.4 Å². The van der Waals surface area contributed by atoms with Crippen LogP contribution in [0.2, 0.25) is 0 Å². The van der Waals surface area contributed by atoms with Gasteiger partial charge in [-0.1, -0.05) is 18.2 Å². The van der Waals surface area contributed by atoms with Crippen LogP contribution in [0.4, 0.5) is 0 Å². The molecule has 29 heavy (non-hydrogen) atoms. The second kappa shape index (κ2) is 8.95. The molecule has 0 spiro atoms. The van der Waals surface area contributed by atoms with Crippen LogP contribution in [-0.4, -0.2) is 57.0 Å². The number of hydrogen-bond donors (Lipinski definition) is 4. The highest BCUT2D eigenvalue weighted by atomic mass is 32.2. The molecule has 0 saturated carbocycles. The molecule has 0 aliphatic rings. The van der Waals surface area contributed by atoms with Crippen LogP contribution in [0.1, 0.15) is 23.8 Å². The van der Waals surface area contributed by atoms with Crippen molar-refractivity contribution in [3.8, 4) is 0 Å². The summed E-state index contributed by atoms with van der Waals surface area (Å²) >= 11 is 1.53. The molecule has 0 bridgehead atoms. The van der Waals surface area contributed by atoms with E-state index in [4.69, 9.17) is 5.11 Å². The lowest BCUT2D eigenvalue weighted by Gasteiger charge is -2.19. The number of H-pyrrole nitrogens is 1. The molecule has 1 aromatic carbocycles. The SMILES string of the molecule is CSCCC(NC(=O)c1cc2c(cn1)[nH]c1ccccc12)C(=O)NC(C)C(=O)O. The van der Waals surface area contributed by atoms with Gasteiger partial charge in [-0.25, -0.2) is 4.98 Å². The van der Waals surface area contributed by atoms with Gasteiger partial charge in [0.05, 0.1) is 11.7 Å². The third kappa shape index (κ3) is 4.68. The summed E-state index contributed by atoms with van der Waals surface area (Å²) in [6, 6.07) is 7.54. The molecule has 3 aromatic rings. The normalized spacial score (nSPS) is 13.2. The maximum Gasteiger partial charge on any atom is 0.325 e. The number of benzene rings is 1. The fraction of sp³-hybridized carbons (Fsp3) is 0.300. The molecule has 2 amide bonds. The maximum absolute atomic E-state index is 12.8. The van der Waals surface area contributed by atoms with Crippen molar-refractivity contribution in [3.63, 3.8) is 0 Å². The van der Waals surface area contributed by atoms with Gasteiger partial charge >= 0.3 is 5.97 Å². The second-order valence-corrected chi connectivity index (χ2v) is 7.65. The Balaban J connectivity index is 1.82. The van der Waals surface area contributed by atoms with Crippen LogP contribution in [0.3, 0.4) is 0 Å². The van der Waals surface area contributed by atoms with Crippen LogP contribution in [-0.2, 0) is 9.59 Å². The van der Waals surface area contributed by atoms with Crippen LogP contribution >= 0.6 is 11.8 Å². The van der Waals surface area contributed by atoms with E-state index in [1.807, 2.05) is 30.5 Å². The fourth-order valence-electron chi connectivity index (χ4n) is 2.99. The lowest BCUT2D eigenvalue weighted by molar-refractivity contribution is -0.141. The molecular formula is C20H22N4O4S. The first kappa shape index (κ1) is 20.7. The number of amides is 2. The summed E-state index contributed by atoms with van der Waals surface area (Å²) in [4.78, 5) is 43.7. The lowest BCUT2D eigenvalue weighted by Crippen LogP contribution is -2.51. The average molecular weight is 414 g/mol. The van der Waals surface area contributed by atoms with Crippen molar-refractivity contribution in [2.75, 3.05) is 12.0 Å². The van der Waals surface area contributed by atoms with E-state index in [1.54, 1.807) is 12.3 Å². The Bertz CT molecular complexity index is 1070. The number of para-hydroxylation sites is 1. The Labute approximate surface area is 171 Å². The van der Waals surface area contributed by atoms with Gasteiger partial charge in [0.25, 0.3) is 5.91 Å². The summed E-state index contributed by atoms with van der Waals surface area (Å²) in [6.45, 7) is 1.38. The lowest BCUT2D eigenvalue weighted by atomic mass is 10.1. The molecule has 0 radical (unpaired) electrons. The average Bonchev–Trinajstić information content (AvgIpc) is 3.08. The summed E-state index contributed by atoms with van der Waals surface area (Å²) in [5, 5.41) is 15.9. The van der Waals surface area contributed by atoms with Gasteiger partial charge in [-0.15, -0.1) is 0 Å². The largest absolute Gasteiger partial charge is 0.480 e. The van der Waals surface area contributed by atoms with Crippen molar-refractivity contribution >= 4 is 51.4 Å². The first-order valence-electron chi connectivity index (χ1n) is 9.10. The van der Waals surface area contributed by atoms with Crippen LogP contribution in [0.25, 0.3) is 21.8 Å². The van der Waals surface area contributed by atoms with Crippen molar-refractivity contribution in [2.24, 2.45) is 0 Å². The number of hydrogen-bond acceptors (Lipinski definition) is 5. The highest BCUT2D eigenvalue weighted by Crippen LogP contribution is 2.25. The minimum Gasteiger partial charge on any atom is -0.480 e. The van der Waals surface area contributed by atoms with Gasteiger partial charge in [0, 0.05) is 16.3 Å². The van der Waals surface area contributed by atoms with Gasteiger partial charge < -0.3 is 20.7 Å². The highest BCUT2D eigenvalue weighted by molar-refractivity contribution is 7.98. The van der Waals surface area contributed by atoms with Gasteiger partial charge in [-0.05, 0) is 37.5 Å². The number of carboxylic acid groups (broad SMARTS) is 1. The Hall–Kier alpha value is -3.07. The Morgan fingerprint density at radius 3 is 2.66 bits per heavy atom. The molecule has 4 N–H and O–H groups in total. The first-order chi connectivity index (χ1) is 13.9. The predicted molar refractivity (Wildman–Crippen MR) is 113 cm³/mol. The number of carbonyl (C=O) groups is 3. The van der Waals surface area contributed by atoms with E-state index in [9.17, 15) is 14.4 Å². The maximum atomic E-state index is 12.8.